The van der Waals surface area contributed by atoms with E-state index in [0.717, 1.165) is 25.2 Å². The smallest absolute Gasteiger partial charge is 0.213 e. The molecule has 1 heterocycles. The van der Waals surface area contributed by atoms with Gasteiger partial charge in [0.25, 0.3) is 0 Å². The monoisotopic (exact) mass is 266 g/mol. The third-order valence-electron chi connectivity index (χ3n) is 3.55. The van der Waals surface area contributed by atoms with Crippen LogP contribution in [0.1, 0.15) is 11.1 Å². The van der Waals surface area contributed by atoms with Crippen LogP contribution in [0.25, 0.3) is 0 Å². The molecule has 4 heteroatoms. The SMILES string of the molecule is NNC(=Nc1ccccc1)N1CCc2ccccc2C1. The molecule has 0 spiro atoms. The number of nitrogens with one attached hydrogen (secondary N) is 1. The van der Waals surface area contributed by atoms with E-state index in [0.29, 0.717) is 5.96 Å². The molecule has 0 saturated heterocycles. The van der Waals surface area contributed by atoms with Gasteiger partial charge in [-0.1, -0.05) is 42.5 Å². The van der Waals surface area contributed by atoms with E-state index >= 15 is 0 Å². The molecule has 20 heavy (non-hydrogen) atoms. The summed E-state index contributed by atoms with van der Waals surface area (Å²) in [6.07, 6.45) is 1.02. The van der Waals surface area contributed by atoms with Gasteiger partial charge in [-0.25, -0.2) is 10.8 Å². The van der Waals surface area contributed by atoms with Crippen molar-refractivity contribution in [1.29, 1.82) is 0 Å². The van der Waals surface area contributed by atoms with E-state index < -0.39 is 0 Å². The Kier molecular flexibility index (Phi) is 3.65. The van der Waals surface area contributed by atoms with Gasteiger partial charge < -0.3 is 4.90 Å². The van der Waals surface area contributed by atoms with Crippen molar-refractivity contribution in [2.45, 2.75) is 13.0 Å². The summed E-state index contributed by atoms with van der Waals surface area (Å²) in [7, 11) is 0. The Hall–Kier alpha value is -2.33. The Bertz CT molecular complexity index is 607. The molecule has 1 aliphatic rings. The van der Waals surface area contributed by atoms with Gasteiger partial charge in [0.2, 0.25) is 5.96 Å². The third kappa shape index (κ3) is 2.65. The molecule has 4 nitrogen and oxygen atoms in total. The van der Waals surface area contributed by atoms with Crippen LogP contribution in [0.2, 0.25) is 0 Å². The highest BCUT2D eigenvalue weighted by atomic mass is 15.4. The second-order valence-corrected chi connectivity index (χ2v) is 4.86. The van der Waals surface area contributed by atoms with E-state index in [-0.39, 0.29) is 0 Å². The maximum absolute atomic E-state index is 5.65. The third-order valence-corrected chi connectivity index (χ3v) is 3.55. The molecule has 0 radical (unpaired) electrons. The summed E-state index contributed by atoms with van der Waals surface area (Å²) in [5, 5.41) is 0. The van der Waals surface area contributed by atoms with Crippen LogP contribution in [0.4, 0.5) is 5.69 Å². The summed E-state index contributed by atoms with van der Waals surface area (Å²) in [5.41, 5.74) is 6.39. The first-order valence-corrected chi connectivity index (χ1v) is 6.79. The van der Waals surface area contributed by atoms with Crippen molar-refractivity contribution in [3.05, 3.63) is 65.7 Å². The molecule has 0 saturated carbocycles. The van der Waals surface area contributed by atoms with Crippen LogP contribution in [0, 0.1) is 0 Å². The van der Waals surface area contributed by atoms with Crippen LogP contribution >= 0.6 is 0 Å². The molecule has 2 aromatic carbocycles. The van der Waals surface area contributed by atoms with Crippen molar-refractivity contribution >= 4 is 11.6 Å². The van der Waals surface area contributed by atoms with Gasteiger partial charge in [-0.3, -0.25) is 5.43 Å². The van der Waals surface area contributed by atoms with Crippen LogP contribution in [0.3, 0.4) is 0 Å². The number of hydrogen-bond donors (Lipinski definition) is 2. The summed E-state index contributed by atoms with van der Waals surface area (Å²) < 4.78 is 0. The topological polar surface area (TPSA) is 53.6 Å². The number of para-hydroxylation sites is 1. The Balaban J connectivity index is 1.83. The molecule has 0 aliphatic carbocycles. The fraction of sp³-hybridized carbons (Fsp3) is 0.188. The lowest BCUT2D eigenvalue weighted by atomic mass is 10.0. The highest BCUT2D eigenvalue weighted by molar-refractivity contribution is 5.82. The Morgan fingerprint density at radius 3 is 2.45 bits per heavy atom. The van der Waals surface area contributed by atoms with Gasteiger partial charge in [-0.2, -0.15) is 0 Å². The molecule has 3 N–H and O–H groups in total. The van der Waals surface area contributed by atoms with Gasteiger partial charge in [-0.05, 0) is 29.7 Å². The van der Waals surface area contributed by atoms with Gasteiger partial charge in [0.05, 0.1) is 5.69 Å². The second-order valence-electron chi connectivity index (χ2n) is 4.86. The van der Waals surface area contributed by atoms with E-state index in [1.165, 1.54) is 11.1 Å². The predicted octanol–water partition coefficient (Wildman–Crippen LogP) is 2.20. The van der Waals surface area contributed by atoms with Crippen molar-refractivity contribution in [3.8, 4) is 0 Å². The van der Waals surface area contributed by atoms with Crippen LogP contribution < -0.4 is 11.3 Å². The highest BCUT2D eigenvalue weighted by Gasteiger charge is 2.18. The zero-order chi connectivity index (χ0) is 13.8. The van der Waals surface area contributed by atoms with Gasteiger partial charge in [0.1, 0.15) is 0 Å². The number of hydrazine groups is 1. The van der Waals surface area contributed by atoms with Crippen molar-refractivity contribution in [2.75, 3.05) is 6.54 Å². The average Bonchev–Trinajstić information content (AvgIpc) is 2.53. The first-order chi connectivity index (χ1) is 9.86. The standard InChI is InChI=1S/C16H18N4/c17-19-16(18-15-8-2-1-3-9-15)20-11-10-13-6-4-5-7-14(13)12-20/h1-9H,10-12,17H2,(H,18,19). The molecule has 0 aromatic heterocycles. The molecule has 2 aromatic rings. The van der Waals surface area contributed by atoms with E-state index in [4.69, 9.17) is 5.84 Å². The number of hydrogen-bond acceptors (Lipinski definition) is 2. The Morgan fingerprint density at radius 2 is 1.70 bits per heavy atom. The summed E-state index contributed by atoms with van der Waals surface area (Å²) in [5.74, 6) is 6.36. The fourth-order valence-electron chi connectivity index (χ4n) is 2.50. The fourth-order valence-corrected chi connectivity index (χ4v) is 2.50. The lowest BCUT2D eigenvalue weighted by molar-refractivity contribution is 0.380. The van der Waals surface area contributed by atoms with Crippen LogP contribution in [0.5, 0.6) is 0 Å². The minimum absolute atomic E-state index is 0.714. The number of fused-ring (bicyclic) bond motifs is 1. The van der Waals surface area contributed by atoms with Crippen LogP contribution in [-0.2, 0) is 13.0 Å². The average molecular weight is 266 g/mol. The quantitative estimate of drug-likeness (QED) is 0.360. The number of rotatable bonds is 1. The minimum atomic E-state index is 0.714. The van der Waals surface area contributed by atoms with Gasteiger partial charge >= 0.3 is 0 Å². The summed E-state index contributed by atoms with van der Waals surface area (Å²) in [4.78, 5) is 6.76. The van der Waals surface area contributed by atoms with Gasteiger partial charge in [0.15, 0.2) is 0 Å². The van der Waals surface area contributed by atoms with E-state index in [2.05, 4.69) is 39.6 Å². The first kappa shape index (κ1) is 12.7. The molecular weight excluding hydrogens is 248 g/mol. The summed E-state index contributed by atoms with van der Waals surface area (Å²) >= 11 is 0. The summed E-state index contributed by atoms with van der Waals surface area (Å²) in [6.45, 7) is 1.76. The second kappa shape index (κ2) is 5.75. The first-order valence-electron chi connectivity index (χ1n) is 6.79. The number of nitrogens with zero attached hydrogens (tertiary/aromatic N) is 2. The van der Waals surface area contributed by atoms with Gasteiger partial charge in [0, 0.05) is 13.1 Å². The van der Waals surface area contributed by atoms with E-state index in [1.807, 2.05) is 30.3 Å². The largest absolute Gasteiger partial charge is 0.337 e. The Morgan fingerprint density at radius 1 is 1.00 bits per heavy atom. The molecular formula is C16H18N4. The number of guanidine groups is 1. The molecule has 0 fully saturated rings. The minimum Gasteiger partial charge on any atom is -0.337 e. The summed E-state index contributed by atoms with van der Waals surface area (Å²) in [6, 6.07) is 18.4. The number of nitrogens with two attached hydrogens (primary N) is 1. The van der Waals surface area contributed by atoms with Crippen molar-refractivity contribution < 1.29 is 0 Å². The molecule has 1 aliphatic heterocycles. The van der Waals surface area contributed by atoms with Gasteiger partial charge in [-0.15, -0.1) is 0 Å². The predicted molar refractivity (Wildman–Crippen MR) is 81.4 cm³/mol. The molecule has 0 atom stereocenters. The van der Waals surface area contributed by atoms with Crippen molar-refractivity contribution in [2.24, 2.45) is 10.8 Å². The van der Waals surface area contributed by atoms with E-state index in [1.54, 1.807) is 0 Å². The normalized spacial score (nSPS) is 14.8. The maximum atomic E-state index is 5.65. The number of benzene rings is 2. The molecule has 0 unspecified atom stereocenters. The Labute approximate surface area is 118 Å². The lowest BCUT2D eigenvalue weighted by Crippen LogP contribution is -2.46. The van der Waals surface area contributed by atoms with Crippen LogP contribution in [-0.4, -0.2) is 17.4 Å². The highest BCUT2D eigenvalue weighted by Crippen LogP contribution is 2.19. The molecule has 102 valence electrons. The lowest BCUT2D eigenvalue weighted by Gasteiger charge is -2.30. The van der Waals surface area contributed by atoms with Crippen LogP contribution in [0.15, 0.2) is 59.6 Å². The zero-order valence-corrected chi connectivity index (χ0v) is 11.3. The zero-order valence-electron chi connectivity index (χ0n) is 11.3. The number of aliphatic imine (C=N–C) groups is 1. The van der Waals surface area contributed by atoms with Crippen molar-refractivity contribution in [3.63, 3.8) is 0 Å². The molecule has 0 amide bonds. The van der Waals surface area contributed by atoms with Crippen molar-refractivity contribution in [1.82, 2.24) is 10.3 Å². The van der Waals surface area contributed by atoms with E-state index in [9.17, 15) is 0 Å². The molecule has 0 bridgehead atoms. The molecule has 3 rings (SSSR count). The maximum Gasteiger partial charge on any atom is 0.213 e.